The van der Waals surface area contributed by atoms with Crippen LogP contribution in [0.2, 0.25) is 0 Å². The van der Waals surface area contributed by atoms with Crippen molar-refractivity contribution < 1.29 is 44.2 Å². The lowest BCUT2D eigenvalue weighted by molar-refractivity contribution is 0.380. The smallest absolute Gasteiger partial charge is 0.434 e. The monoisotopic (exact) mass is 507 g/mol. The lowest BCUT2D eigenvalue weighted by atomic mass is 9.49. The second-order valence-corrected chi connectivity index (χ2v) is 8.00. The molecule has 0 amide bonds. The van der Waals surface area contributed by atoms with Crippen LogP contribution in [-0.4, -0.2) is 6.92 Å². The number of anilines is 3. The van der Waals surface area contributed by atoms with Gasteiger partial charge in [-0.05, 0) is 17.7 Å². The minimum absolute atomic E-state index is 0.0862. The molecule has 0 fully saturated rings. The Morgan fingerprint density at radius 2 is 1.03 bits per heavy atom. The van der Waals surface area contributed by atoms with Gasteiger partial charge in [0, 0.05) is 22.2 Å². The molecule has 0 radical (unpaired) electrons. The summed E-state index contributed by atoms with van der Waals surface area (Å²) in [6.07, 6.45) is 0. The van der Waals surface area contributed by atoms with Gasteiger partial charge in [-0.3, -0.25) is 0 Å². The molecule has 2 aliphatic rings. The standard InChI is InChI=1S/C24H7BF9NO/c26-14-13-23(20(32)17(29)15(14)27)35(24-21(33)18(30)16(28)19(31)22(24)34)10-6-3-5-9-8-4-1-2-7-11(8)36-25(13)12(9)10/h1-7H. The molecular formula is C24H7BF9NO. The molecule has 4 aromatic rings. The SMILES string of the molecule is Fc1c(F)c(F)c(N2c3cccc4c3B(Oc3ccccc3-4)c3c(F)c(F)c(F)c(F)c32)c(F)c1F. The first-order valence-corrected chi connectivity index (χ1v) is 10.2. The van der Waals surface area contributed by atoms with Crippen LogP contribution < -0.4 is 20.5 Å². The van der Waals surface area contributed by atoms with Crippen molar-refractivity contribution in [3.05, 3.63) is 94.8 Å². The average molecular weight is 507 g/mol. The maximum absolute atomic E-state index is 15.2. The zero-order valence-electron chi connectivity index (χ0n) is 17.4. The molecule has 0 atom stereocenters. The van der Waals surface area contributed by atoms with Crippen molar-refractivity contribution in [2.24, 2.45) is 0 Å². The zero-order valence-corrected chi connectivity index (χ0v) is 17.4. The van der Waals surface area contributed by atoms with Gasteiger partial charge in [-0.1, -0.05) is 30.3 Å². The maximum Gasteiger partial charge on any atom is 0.434 e. The van der Waals surface area contributed by atoms with Gasteiger partial charge in [0.2, 0.25) is 5.82 Å². The Morgan fingerprint density at radius 3 is 1.69 bits per heavy atom. The molecule has 0 saturated carbocycles. The van der Waals surface area contributed by atoms with Crippen LogP contribution in [0.15, 0.2) is 42.5 Å². The fraction of sp³-hybridized carbons (Fsp3) is 0. The quantitative estimate of drug-likeness (QED) is 0.138. The van der Waals surface area contributed by atoms with Crippen LogP contribution in [0.5, 0.6) is 5.75 Å². The van der Waals surface area contributed by atoms with Gasteiger partial charge >= 0.3 is 6.92 Å². The van der Waals surface area contributed by atoms with E-state index in [0.717, 1.165) is 6.07 Å². The number of rotatable bonds is 1. The predicted molar refractivity (Wildman–Crippen MR) is 112 cm³/mol. The molecule has 0 spiro atoms. The van der Waals surface area contributed by atoms with Gasteiger partial charge in [-0.2, -0.15) is 0 Å². The van der Waals surface area contributed by atoms with E-state index in [1.807, 2.05) is 0 Å². The van der Waals surface area contributed by atoms with Gasteiger partial charge in [0.1, 0.15) is 11.4 Å². The fourth-order valence-corrected chi connectivity index (χ4v) is 4.68. The topological polar surface area (TPSA) is 12.5 Å². The molecular weight excluding hydrogens is 500 g/mol. The van der Waals surface area contributed by atoms with Crippen LogP contribution in [0.4, 0.5) is 56.6 Å². The Hall–Kier alpha value is -4.09. The van der Waals surface area contributed by atoms with E-state index in [9.17, 15) is 30.7 Å². The van der Waals surface area contributed by atoms with Crippen molar-refractivity contribution in [3.63, 3.8) is 0 Å². The van der Waals surface area contributed by atoms with Crippen LogP contribution >= 0.6 is 0 Å². The number of fused-ring (bicyclic) bond motifs is 4. The summed E-state index contributed by atoms with van der Waals surface area (Å²) in [6.45, 7) is -1.65. The van der Waals surface area contributed by atoms with E-state index in [4.69, 9.17) is 4.65 Å². The minimum Gasteiger partial charge on any atom is -0.551 e. The predicted octanol–water partition coefficient (Wildman–Crippen LogP) is 5.89. The van der Waals surface area contributed by atoms with Gasteiger partial charge in [0.05, 0.1) is 5.69 Å². The summed E-state index contributed by atoms with van der Waals surface area (Å²) in [5, 5.41) is 0. The second-order valence-electron chi connectivity index (χ2n) is 8.00. The number of hydrogen-bond acceptors (Lipinski definition) is 2. The van der Waals surface area contributed by atoms with E-state index in [0.29, 0.717) is 5.56 Å². The van der Waals surface area contributed by atoms with Crippen LogP contribution in [0, 0.1) is 52.4 Å². The summed E-state index contributed by atoms with van der Waals surface area (Å²) in [6, 6.07) is 10.1. The third kappa shape index (κ3) is 2.66. The normalized spacial score (nSPS) is 13.2. The summed E-state index contributed by atoms with van der Waals surface area (Å²) in [5.74, 6) is -20.5. The Labute approximate surface area is 196 Å². The molecule has 2 nitrogen and oxygen atoms in total. The molecule has 180 valence electrons. The van der Waals surface area contributed by atoms with Gasteiger partial charge in [0.25, 0.3) is 0 Å². The molecule has 0 N–H and O–H groups in total. The highest BCUT2D eigenvalue weighted by Crippen LogP contribution is 2.46. The Bertz CT molecular complexity index is 1610. The Balaban J connectivity index is 1.81. The lowest BCUT2D eigenvalue weighted by Gasteiger charge is -2.39. The minimum atomic E-state index is -2.49. The zero-order chi connectivity index (χ0) is 25.6. The lowest BCUT2D eigenvalue weighted by Crippen LogP contribution is -2.58. The Morgan fingerprint density at radius 1 is 0.500 bits per heavy atom. The summed E-state index contributed by atoms with van der Waals surface area (Å²) >= 11 is 0. The van der Waals surface area contributed by atoms with E-state index >= 15 is 8.78 Å². The highest BCUT2D eigenvalue weighted by molar-refractivity contribution is 6.85. The van der Waals surface area contributed by atoms with E-state index in [-0.39, 0.29) is 21.7 Å². The molecule has 0 aromatic heterocycles. The van der Waals surface area contributed by atoms with Gasteiger partial charge in [0.15, 0.2) is 46.5 Å². The summed E-state index contributed by atoms with van der Waals surface area (Å²) in [4.78, 5) is 0.152. The molecule has 0 unspecified atom stereocenters. The third-order valence-corrected chi connectivity index (χ3v) is 6.18. The first-order chi connectivity index (χ1) is 17.1. The van der Waals surface area contributed by atoms with Gasteiger partial charge in [-0.25, -0.2) is 39.5 Å². The highest BCUT2D eigenvalue weighted by atomic mass is 19.2. The van der Waals surface area contributed by atoms with Crippen molar-refractivity contribution in [3.8, 4) is 16.9 Å². The number of para-hydroxylation sites is 1. The number of hydrogen-bond donors (Lipinski definition) is 0. The molecule has 12 heteroatoms. The van der Waals surface area contributed by atoms with Crippen LogP contribution in [0.25, 0.3) is 11.1 Å². The molecule has 0 aliphatic carbocycles. The summed E-state index contributed by atoms with van der Waals surface area (Å²) in [7, 11) is 0. The van der Waals surface area contributed by atoms with Crippen molar-refractivity contribution >= 4 is 34.9 Å². The van der Waals surface area contributed by atoms with Crippen LogP contribution in [-0.2, 0) is 0 Å². The molecule has 2 heterocycles. The largest absolute Gasteiger partial charge is 0.551 e. The summed E-state index contributed by atoms with van der Waals surface area (Å²) < 4.78 is 137. The van der Waals surface area contributed by atoms with E-state index < -0.39 is 81.8 Å². The van der Waals surface area contributed by atoms with Crippen molar-refractivity contribution in [1.29, 1.82) is 0 Å². The van der Waals surface area contributed by atoms with Crippen molar-refractivity contribution in [2.45, 2.75) is 0 Å². The maximum atomic E-state index is 15.2. The van der Waals surface area contributed by atoms with Crippen LogP contribution in [0.1, 0.15) is 0 Å². The first-order valence-electron chi connectivity index (χ1n) is 10.2. The number of nitrogens with zero attached hydrogens (tertiary/aromatic N) is 1. The fourth-order valence-electron chi connectivity index (χ4n) is 4.68. The molecule has 4 aromatic carbocycles. The number of benzene rings is 4. The van der Waals surface area contributed by atoms with E-state index in [1.165, 1.54) is 18.2 Å². The van der Waals surface area contributed by atoms with E-state index in [2.05, 4.69) is 0 Å². The summed E-state index contributed by atoms with van der Waals surface area (Å²) in [5.41, 5.74) is -3.85. The third-order valence-electron chi connectivity index (χ3n) is 6.18. The number of halogens is 9. The van der Waals surface area contributed by atoms with Gasteiger partial charge < -0.3 is 9.55 Å². The molecule has 0 saturated heterocycles. The van der Waals surface area contributed by atoms with E-state index in [1.54, 1.807) is 18.2 Å². The second kappa shape index (κ2) is 7.46. The van der Waals surface area contributed by atoms with Crippen molar-refractivity contribution in [1.82, 2.24) is 0 Å². The highest BCUT2D eigenvalue weighted by Gasteiger charge is 2.49. The Kier molecular flexibility index (Phi) is 4.64. The van der Waals surface area contributed by atoms with Crippen molar-refractivity contribution in [2.75, 3.05) is 4.90 Å². The molecule has 0 bridgehead atoms. The average Bonchev–Trinajstić information content (AvgIpc) is 2.89. The van der Waals surface area contributed by atoms with Gasteiger partial charge in [-0.15, -0.1) is 0 Å². The van der Waals surface area contributed by atoms with Crippen LogP contribution in [0.3, 0.4) is 0 Å². The molecule has 2 aliphatic heterocycles. The molecule has 36 heavy (non-hydrogen) atoms. The molecule has 6 rings (SSSR count). The first kappa shape index (κ1) is 22.4.